The third-order valence-electron chi connectivity index (χ3n) is 4.23. The molecule has 3 nitrogen and oxygen atoms in total. The Kier molecular flexibility index (Phi) is 3.68. The number of carbonyl (C=O) groups is 1. The van der Waals surface area contributed by atoms with Crippen molar-refractivity contribution in [3.63, 3.8) is 0 Å². The van der Waals surface area contributed by atoms with Crippen LogP contribution in [0.15, 0.2) is 42.1 Å². The van der Waals surface area contributed by atoms with Crippen molar-refractivity contribution in [1.29, 1.82) is 0 Å². The molecular formula is C19H19FN2O. The Labute approximate surface area is 135 Å². The summed E-state index contributed by atoms with van der Waals surface area (Å²) in [6, 6.07) is 10.7. The quantitative estimate of drug-likeness (QED) is 0.849. The monoisotopic (exact) mass is 310 g/mol. The first-order valence-corrected chi connectivity index (χ1v) is 7.49. The smallest absolute Gasteiger partial charge is 0.258 e. The van der Waals surface area contributed by atoms with E-state index in [0.29, 0.717) is 22.4 Å². The van der Waals surface area contributed by atoms with E-state index < -0.39 is 0 Å². The summed E-state index contributed by atoms with van der Waals surface area (Å²) in [4.78, 5) is 14.3. The lowest BCUT2D eigenvalue weighted by atomic mass is 9.97. The molecular weight excluding hydrogens is 291 g/mol. The summed E-state index contributed by atoms with van der Waals surface area (Å²) in [5.41, 5.74) is 5.35. The summed E-state index contributed by atoms with van der Waals surface area (Å²) in [6.07, 6.45) is 0. The molecule has 2 aromatic carbocycles. The molecule has 1 aliphatic rings. The first-order chi connectivity index (χ1) is 10.9. The maximum absolute atomic E-state index is 14.2. The second kappa shape index (κ2) is 5.54. The molecule has 0 aliphatic carbocycles. The number of carbonyl (C=O) groups excluding carboxylic acids is 1. The summed E-state index contributed by atoms with van der Waals surface area (Å²) < 4.78 is 14.2. The second-order valence-corrected chi connectivity index (χ2v) is 6.05. The molecule has 0 atom stereocenters. The summed E-state index contributed by atoms with van der Waals surface area (Å²) in [6.45, 7) is 3.86. The molecule has 0 unspecified atom stereocenters. The van der Waals surface area contributed by atoms with Crippen molar-refractivity contribution in [3.05, 3.63) is 59.0 Å². The van der Waals surface area contributed by atoms with Crippen LogP contribution in [0.5, 0.6) is 0 Å². The van der Waals surface area contributed by atoms with Crippen molar-refractivity contribution in [2.24, 2.45) is 0 Å². The Morgan fingerprint density at radius 2 is 1.70 bits per heavy atom. The minimum Gasteiger partial charge on any atom is -0.381 e. The van der Waals surface area contributed by atoms with E-state index in [0.717, 1.165) is 16.8 Å². The van der Waals surface area contributed by atoms with Gasteiger partial charge in [0.1, 0.15) is 5.82 Å². The number of hydrogen-bond acceptors (Lipinski definition) is 2. The fraction of sp³-hybridized carbons (Fsp3) is 0.211. The lowest BCUT2D eigenvalue weighted by Crippen LogP contribution is -2.14. The largest absolute Gasteiger partial charge is 0.381 e. The number of halogens is 1. The predicted molar refractivity (Wildman–Crippen MR) is 91.5 cm³/mol. The first-order valence-electron chi connectivity index (χ1n) is 7.49. The number of anilines is 1. The summed E-state index contributed by atoms with van der Waals surface area (Å²) >= 11 is 0. The Bertz CT molecular complexity index is 820. The van der Waals surface area contributed by atoms with E-state index >= 15 is 0 Å². The van der Waals surface area contributed by atoms with Crippen molar-refractivity contribution in [1.82, 2.24) is 4.90 Å². The minimum absolute atomic E-state index is 0.190. The minimum atomic E-state index is -0.347. The van der Waals surface area contributed by atoms with Crippen LogP contribution in [0, 0.1) is 12.7 Å². The Morgan fingerprint density at radius 3 is 2.30 bits per heavy atom. The lowest BCUT2D eigenvalue weighted by Gasteiger charge is -2.15. The number of fused-ring (bicyclic) bond motifs is 1. The van der Waals surface area contributed by atoms with Gasteiger partial charge < -0.3 is 10.2 Å². The number of hydrogen-bond donors (Lipinski definition) is 1. The zero-order chi connectivity index (χ0) is 16.7. The van der Waals surface area contributed by atoms with E-state index in [1.165, 1.54) is 12.1 Å². The van der Waals surface area contributed by atoms with Gasteiger partial charge in [-0.05, 0) is 31.5 Å². The molecule has 23 heavy (non-hydrogen) atoms. The molecule has 2 aromatic rings. The van der Waals surface area contributed by atoms with E-state index in [9.17, 15) is 9.18 Å². The van der Waals surface area contributed by atoms with Gasteiger partial charge in [-0.3, -0.25) is 4.79 Å². The predicted octanol–water partition coefficient (Wildman–Crippen LogP) is 4.05. The van der Waals surface area contributed by atoms with E-state index in [1.54, 1.807) is 0 Å². The average molecular weight is 310 g/mol. The number of rotatable bonds is 2. The molecule has 1 amide bonds. The second-order valence-electron chi connectivity index (χ2n) is 6.05. The Morgan fingerprint density at radius 1 is 1.09 bits per heavy atom. The van der Waals surface area contributed by atoms with Gasteiger partial charge in [-0.2, -0.15) is 0 Å². The number of nitrogens with zero attached hydrogens (tertiary/aromatic N) is 1. The van der Waals surface area contributed by atoms with Crippen LogP contribution in [0.1, 0.15) is 18.1 Å². The maximum Gasteiger partial charge on any atom is 0.258 e. The first kappa shape index (κ1) is 15.3. The van der Waals surface area contributed by atoms with Crippen molar-refractivity contribution in [2.45, 2.75) is 13.8 Å². The topological polar surface area (TPSA) is 32.3 Å². The molecule has 3 rings (SSSR count). The van der Waals surface area contributed by atoms with E-state index in [4.69, 9.17) is 0 Å². The highest BCUT2D eigenvalue weighted by Crippen LogP contribution is 2.41. The SMILES string of the molecule is CC(=C1C(=O)Nc2c1cc(F)cc2-c1ccc(C)cc1)N(C)C. The van der Waals surface area contributed by atoms with Crippen molar-refractivity contribution < 1.29 is 9.18 Å². The van der Waals surface area contributed by atoms with Gasteiger partial charge in [0.2, 0.25) is 0 Å². The fourth-order valence-corrected chi connectivity index (χ4v) is 2.78. The highest BCUT2D eigenvalue weighted by molar-refractivity contribution is 6.33. The molecule has 1 heterocycles. The van der Waals surface area contributed by atoms with Crippen molar-refractivity contribution in [2.75, 3.05) is 19.4 Å². The van der Waals surface area contributed by atoms with Gasteiger partial charge >= 0.3 is 0 Å². The van der Waals surface area contributed by atoms with Crippen LogP contribution in [0.4, 0.5) is 10.1 Å². The highest BCUT2D eigenvalue weighted by atomic mass is 19.1. The van der Waals surface area contributed by atoms with Crippen LogP contribution < -0.4 is 5.32 Å². The molecule has 0 saturated carbocycles. The molecule has 1 N–H and O–H groups in total. The summed E-state index contributed by atoms with van der Waals surface area (Å²) in [5.74, 6) is -0.537. The zero-order valence-electron chi connectivity index (χ0n) is 13.7. The standard InChI is InChI=1S/C19H19FN2O/c1-11-5-7-13(8-6-11)15-9-14(20)10-16-17(12(2)22(3)4)19(23)21-18(15)16/h5-10H,1-4H3,(H,21,23). The van der Waals surface area contributed by atoms with Crippen LogP contribution in [-0.2, 0) is 4.79 Å². The normalized spacial score (nSPS) is 15.3. The number of allylic oxidation sites excluding steroid dienone is 1. The van der Waals surface area contributed by atoms with Crippen LogP contribution in [0.2, 0.25) is 0 Å². The molecule has 0 spiro atoms. The molecule has 1 aliphatic heterocycles. The average Bonchev–Trinajstić information content (AvgIpc) is 2.82. The zero-order valence-corrected chi connectivity index (χ0v) is 13.7. The van der Waals surface area contributed by atoms with Gasteiger partial charge in [-0.25, -0.2) is 4.39 Å². The van der Waals surface area contributed by atoms with Crippen molar-refractivity contribution in [3.8, 4) is 11.1 Å². The fourth-order valence-electron chi connectivity index (χ4n) is 2.78. The van der Waals surface area contributed by atoms with E-state index in [-0.39, 0.29) is 11.7 Å². The van der Waals surface area contributed by atoms with Crippen LogP contribution in [0.25, 0.3) is 16.7 Å². The molecule has 0 aromatic heterocycles. The molecule has 4 heteroatoms. The van der Waals surface area contributed by atoms with Gasteiger partial charge in [0, 0.05) is 30.9 Å². The third kappa shape index (κ3) is 2.61. The summed E-state index contributed by atoms with van der Waals surface area (Å²) in [5, 5.41) is 2.90. The molecule has 0 bridgehead atoms. The van der Waals surface area contributed by atoms with Gasteiger partial charge in [0.25, 0.3) is 5.91 Å². The van der Waals surface area contributed by atoms with Gasteiger partial charge in [-0.1, -0.05) is 29.8 Å². The Balaban J connectivity index is 2.25. The number of benzene rings is 2. The maximum atomic E-state index is 14.2. The highest BCUT2D eigenvalue weighted by Gasteiger charge is 2.30. The lowest BCUT2D eigenvalue weighted by molar-refractivity contribution is -0.110. The molecule has 0 radical (unpaired) electrons. The van der Waals surface area contributed by atoms with Crippen LogP contribution in [0.3, 0.4) is 0 Å². The molecule has 118 valence electrons. The van der Waals surface area contributed by atoms with E-state index in [2.05, 4.69) is 5.32 Å². The molecule has 0 fully saturated rings. The Hall–Kier alpha value is -2.62. The van der Waals surface area contributed by atoms with Gasteiger partial charge in [-0.15, -0.1) is 0 Å². The van der Waals surface area contributed by atoms with Gasteiger partial charge in [0.05, 0.1) is 11.3 Å². The number of aryl methyl sites for hydroxylation is 1. The van der Waals surface area contributed by atoms with E-state index in [1.807, 2.05) is 57.1 Å². The number of nitrogens with one attached hydrogen (secondary N) is 1. The molecule has 0 saturated heterocycles. The third-order valence-corrected chi connectivity index (χ3v) is 4.23. The number of amides is 1. The van der Waals surface area contributed by atoms with Crippen LogP contribution in [-0.4, -0.2) is 24.9 Å². The van der Waals surface area contributed by atoms with Crippen LogP contribution >= 0.6 is 0 Å². The van der Waals surface area contributed by atoms with Gasteiger partial charge in [0.15, 0.2) is 0 Å². The van der Waals surface area contributed by atoms with Crippen molar-refractivity contribution >= 4 is 17.2 Å². The summed E-state index contributed by atoms with van der Waals surface area (Å²) in [7, 11) is 3.74.